The summed E-state index contributed by atoms with van der Waals surface area (Å²) in [4.78, 5) is 28.0. The van der Waals surface area contributed by atoms with Crippen LogP contribution in [0, 0.1) is 5.92 Å². The van der Waals surface area contributed by atoms with Crippen LogP contribution in [-0.2, 0) is 16.1 Å². The van der Waals surface area contributed by atoms with Crippen molar-refractivity contribution in [3.63, 3.8) is 0 Å². The van der Waals surface area contributed by atoms with Crippen molar-refractivity contribution in [3.8, 4) is 5.75 Å². The molecule has 1 N–H and O–H groups in total. The molecule has 0 saturated carbocycles. The summed E-state index contributed by atoms with van der Waals surface area (Å²) in [5.74, 6) is 0.648. The molecule has 0 spiro atoms. The lowest BCUT2D eigenvalue weighted by Crippen LogP contribution is -2.38. The molecule has 1 fully saturated rings. The molecule has 1 aliphatic heterocycles. The summed E-state index contributed by atoms with van der Waals surface area (Å²) in [6.45, 7) is 2.43. The summed E-state index contributed by atoms with van der Waals surface area (Å²) in [6.07, 6.45) is 0.304. The molecule has 1 atom stereocenters. The number of benzene rings is 1. The molecule has 1 aliphatic rings. The molecule has 1 heterocycles. The Labute approximate surface area is 149 Å². The van der Waals surface area contributed by atoms with E-state index >= 15 is 0 Å². The zero-order chi connectivity index (χ0) is 16.8. The highest BCUT2D eigenvalue weighted by molar-refractivity contribution is 5.89. The lowest BCUT2D eigenvalue weighted by Gasteiger charge is -2.21. The predicted molar refractivity (Wildman–Crippen MR) is 95.3 cm³/mol. The Balaban J connectivity index is 0.00000288. The summed E-state index contributed by atoms with van der Waals surface area (Å²) < 4.78 is 5.13. The van der Waals surface area contributed by atoms with Crippen LogP contribution in [0.3, 0.4) is 0 Å². The summed E-state index contributed by atoms with van der Waals surface area (Å²) in [5, 5.41) is 3.02. The molecule has 24 heavy (non-hydrogen) atoms. The van der Waals surface area contributed by atoms with E-state index in [9.17, 15) is 9.59 Å². The Morgan fingerprint density at radius 1 is 1.38 bits per heavy atom. The minimum absolute atomic E-state index is 0. The maximum atomic E-state index is 12.4. The van der Waals surface area contributed by atoms with Crippen molar-refractivity contribution in [1.82, 2.24) is 15.1 Å². The van der Waals surface area contributed by atoms with Crippen LogP contribution < -0.4 is 10.1 Å². The summed E-state index contributed by atoms with van der Waals surface area (Å²) in [5.41, 5.74) is 1.04. The van der Waals surface area contributed by atoms with Crippen molar-refractivity contribution in [3.05, 3.63) is 29.8 Å². The van der Waals surface area contributed by atoms with Gasteiger partial charge in [-0.1, -0.05) is 12.1 Å². The molecular weight excluding hydrogens is 330 g/mol. The Bertz CT molecular complexity index is 551. The van der Waals surface area contributed by atoms with Crippen molar-refractivity contribution in [2.75, 3.05) is 40.8 Å². The second-order valence-corrected chi connectivity index (χ2v) is 5.89. The van der Waals surface area contributed by atoms with Crippen LogP contribution in [0.1, 0.15) is 12.0 Å². The number of amides is 2. The minimum atomic E-state index is -0.234. The average Bonchev–Trinajstić information content (AvgIpc) is 2.93. The van der Waals surface area contributed by atoms with Crippen molar-refractivity contribution in [1.29, 1.82) is 0 Å². The Morgan fingerprint density at radius 2 is 2.04 bits per heavy atom. The van der Waals surface area contributed by atoms with Crippen LogP contribution in [0.4, 0.5) is 0 Å². The van der Waals surface area contributed by atoms with Gasteiger partial charge in [-0.15, -0.1) is 12.4 Å². The first-order valence-electron chi connectivity index (χ1n) is 7.85. The summed E-state index contributed by atoms with van der Waals surface area (Å²) >= 11 is 0. The monoisotopic (exact) mass is 355 g/mol. The van der Waals surface area contributed by atoms with Gasteiger partial charge in [-0.25, -0.2) is 0 Å². The second kappa shape index (κ2) is 9.49. The van der Waals surface area contributed by atoms with Gasteiger partial charge in [0.1, 0.15) is 5.75 Å². The number of nitrogens with one attached hydrogen (secondary N) is 1. The Kier molecular flexibility index (Phi) is 8.01. The lowest BCUT2D eigenvalue weighted by atomic mass is 10.1. The smallest absolute Gasteiger partial charge is 0.227 e. The normalized spacial score (nSPS) is 16.7. The zero-order valence-electron chi connectivity index (χ0n) is 14.4. The third-order valence-electron chi connectivity index (χ3n) is 4.17. The van der Waals surface area contributed by atoms with Crippen molar-refractivity contribution in [2.24, 2.45) is 5.92 Å². The fraction of sp³-hybridized carbons (Fsp3) is 0.529. The van der Waals surface area contributed by atoms with E-state index in [1.54, 1.807) is 24.0 Å². The minimum Gasteiger partial charge on any atom is -0.497 e. The van der Waals surface area contributed by atoms with Gasteiger partial charge in [0.15, 0.2) is 0 Å². The van der Waals surface area contributed by atoms with E-state index in [0.29, 0.717) is 26.1 Å². The molecule has 7 heteroatoms. The van der Waals surface area contributed by atoms with Crippen LogP contribution in [0.5, 0.6) is 5.75 Å². The molecule has 1 aromatic rings. The van der Waals surface area contributed by atoms with Gasteiger partial charge in [-0.05, 0) is 24.7 Å². The van der Waals surface area contributed by atoms with E-state index in [1.165, 1.54) is 0 Å². The van der Waals surface area contributed by atoms with Gasteiger partial charge >= 0.3 is 0 Å². The molecule has 2 amide bonds. The summed E-state index contributed by atoms with van der Waals surface area (Å²) in [7, 11) is 5.27. The first-order valence-corrected chi connectivity index (χ1v) is 7.85. The molecule has 1 aromatic carbocycles. The molecule has 6 nitrogen and oxygen atoms in total. The Hall–Kier alpha value is -1.79. The van der Waals surface area contributed by atoms with Crippen molar-refractivity contribution < 1.29 is 14.3 Å². The maximum Gasteiger partial charge on any atom is 0.227 e. The Morgan fingerprint density at radius 3 is 2.62 bits per heavy atom. The van der Waals surface area contributed by atoms with E-state index in [1.807, 2.05) is 31.3 Å². The lowest BCUT2D eigenvalue weighted by molar-refractivity contribution is -0.134. The number of carbonyl (C=O) groups is 2. The third-order valence-corrected chi connectivity index (χ3v) is 4.17. The molecule has 2 rings (SSSR count). The summed E-state index contributed by atoms with van der Waals surface area (Å²) in [6, 6.07) is 7.65. The number of likely N-dealkylation sites (tertiary alicyclic amines) is 1. The van der Waals surface area contributed by atoms with Crippen LogP contribution in [0.15, 0.2) is 24.3 Å². The maximum absolute atomic E-state index is 12.4. The van der Waals surface area contributed by atoms with Crippen LogP contribution in [0.2, 0.25) is 0 Å². The number of rotatable bonds is 7. The fourth-order valence-corrected chi connectivity index (χ4v) is 2.74. The second-order valence-electron chi connectivity index (χ2n) is 5.89. The quantitative estimate of drug-likeness (QED) is 0.797. The number of carbonyl (C=O) groups excluding carboxylic acids is 2. The topological polar surface area (TPSA) is 61.9 Å². The first kappa shape index (κ1) is 20.3. The number of hydrogen-bond donors (Lipinski definition) is 1. The molecule has 134 valence electrons. The standard InChI is InChI=1S/C17H25N3O3.ClH/c1-18-8-9-19(2)17(22)14-10-16(21)20(12-14)11-13-4-6-15(23-3)7-5-13;/h4-7,14,18H,8-12H2,1-3H3;1H. The number of likely N-dealkylation sites (N-methyl/N-ethyl adjacent to an activating group) is 2. The average molecular weight is 356 g/mol. The van der Waals surface area contributed by atoms with Gasteiger partial charge in [0.25, 0.3) is 0 Å². The molecule has 0 bridgehead atoms. The van der Waals surface area contributed by atoms with E-state index in [4.69, 9.17) is 4.74 Å². The zero-order valence-corrected chi connectivity index (χ0v) is 15.3. The number of halogens is 1. The van der Waals surface area contributed by atoms with Crippen LogP contribution >= 0.6 is 12.4 Å². The molecule has 0 radical (unpaired) electrons. The largest absolute Gasteiger partial charge is 0.497 e. The van der Waals surface area contributed by atoms with Gasteiger partial charge in [-0.2, -0.15) is 0 Å². The van der Waals surface area contributed by atoms with Crippen LogP contribution in [-0.4, -0.2) is 62.5 Å². The van der Waals surface area contributed by atoms with Gasteiger partial charge in [0.2, 0.25) is 11.8 Å². The number of hydrogen-bond acceptors (Lipinski definition) is 4. The number of methoxy groups -OCH3 is 1. The van der Waals surface area contributed by atoms with E-state index in [2.05, 4.69) is 5.32 Å². The third kappa shape index (κ3) is 5.11. The van der Waals surface area contributed by atoms with Crippen LogP contribution in [0.25, 0.3) is 0 Å². The highest BCUT2D eigenvalue weighted by atomic mass is 35.5. The van der Waals surface area contributed by atoms with Gasteiger partial charge in [0.05, 0.1) is 13.0 Å². The fourth-order valence-electron chi connectivity index (χ4n) is 2.74. The van der Waals surface area contributed by atoms with E-state index in [0.717, 1.165) is 17.9 Å². The highest BCUT2D eigenvalue weighted by Gasteiger charge is 2.35. The first-order chi connectivity index (χ1) is 11.0. The number of ether oxygens (including phenoxy) is 1. The highest BCUT2D eigenvalue weighted by Crippen LogP contribution is 2.22. The number of nitrogens with zero attached hydrogens (tertiary/aromatic N) is 2. The van der Waals surface area contributed by atoms with Gasteiger partial charge in [-0.3, -0.25) is 9.59 Å². The molecular formula is C17H26ClN3O3. The SMILES string of the molecule is CNCCN(C)C(=O)C1CC(=O)N(Cc2ccc(OC)cc2)C1.Cl. The van der Waals surface area contributed by atoms with E-state index in [-0.39, 0.29) is 30.1 Å². The molecule has 1 unspecified atom stereocenters. The van der Waals surface area contributed by atoms with E-state index < -0.39 is 0 Å². The van der Waals surface area contributed by atoms with Crippen molar-refractivity contribution in [2.45, 2.75) is 13.0 Å². The molecule has 1 saturated heterocycles. The van der Waals surface area contributed by atoms with Gasteiger partial charge < -0.3 is 19.9 Å². The predicted octanol–water partition coefficient (Wildman–Crippen LogP) is 1.14. The van der Waals surface area contributed by atoms with Crippen molar-refractivity contribution >= 4 is 24.2 Å². The van der Waals surface area contributed by atoms with Gasteiger partial charge in [0, 0.05) is 39.6 Å². The molecule has 0 aromatic heterocycles. The molecule has 0 aliphatic carbocycles.